The number of aliphatic hydroxyl groups is 1. The zero-order valence-electron chi connectivity index (χ0n) is 15.6. The third-order valence-electron chi connectivity index (χ3n) is 4.58. The smallest absolute Gasteiger partial charge is 0.363 e. The number of nitrogens with zero attached hydrogens (tertiary/aromatic N) is 4. The van der Waals surface area contributed by atoms with E-state index in [1.807, 2.05) is 0 Å². The van der Waals surface area contributed by atoms with Gasteiger partial charge in [0, 0.05) is 6.42 Å². The zero-order chi connectivity index (χ0) is 23.3. The topological polar surface area (TPSA) is 61.6 Å². The lowest BCUT2D eigenvalue weighted by Crippen LogP contribution is -2.55. The Morgan fingerprint density at radius 2 is 1.75 bits per heavy atom. The van der Waals surface area contributed by atoms with Crippen LogP contribution in [0.3, 0.4) is 0 Å². The van der Waals surface area contributed by atoms with Gasteiger partial charge in [-0.2, -0.15) is 32.1 Å². The van der Waals surface area contributed by atoms with Crippen molar-refractivity contribution in [1.82, 2.24) is 9.97 Å². The maximum Gasteiger partial charge on any atom is 0.433 e. The van der Waals surface area contributed by atoms with Crippen molar-refractivity contribution in [2.75, 3.05) is 5.01 Å². The molecule has 0 saturated carbocycles. The first-order valence-corrected chi connectivity index (χ1v) is 10.1. The third-order valence-corrected chi connectivity index (χ3v) is 5.78. The second-order valence-corrected chi connectivity index (χ2v) is 8.19. The van der Waals surface area contributed by atoms with E-state index in [0.717, 1.165) is 23.5 Å². The van der Waals surface area contributed by atoms with Gasteiger partial charge in [-0.1, -0.05) is 18.2 Å². The van der Waals surface area contributed by atoms with Crippen molar-refractivity contribution in [3.8, 4) is 10.6 Å². The minimum Gasteiger partial charge on any atom is -0.363 e. The van der Waals surface area contributed by atoms with Gasteiger partial charge in [0.2, 0.25) is 11.7 Å². The number of rotatable bonds is 4. The molecule has 1 aliphatic heterocycles. The van der Waals surface area contributed by atoms with Gasteiger partial charge in [-0.25, -0.2) is 14.4 Å². The SMILES string of the molecule is O[C@@]1(C(F)(F)Cl)CC(c2ccc(F)cc2)=NN1c1nc(-c2cccs2)cc(C(F)(F)F)n1. The largest absolute Gasteiger partial charge is 0.433 e. The number of hydrogen-bond acceptors (Lipinski definition) is 6. The van der Waals surface area contributed by atoms with E-state index in [4.69, 9.17) is 11.6 Å². The fourth-order valence-corrected chi connectivity index (χ4v) is 3.84. The van der Waals surface area contributed by atoms with Gasteiger partial charge in [0.1, 0.15) is 5.82 Å². The average molecular weight is 493 g/mol. The van der Waals surface area contributed by atoms with Crippen LogP contribution in [0.5, 0.6) is 0 Å². The summed E-state index contributed by atoms with van der Waals surface area (Å²) in [6, 6.07) is 8.22. The second kappa shape index (κ2) is 7.71. The molecule has 0 aliphatic carbocycles. The van der Waals surface area contributed by atoms with Gasteiger partial charge in [0.25, 0.3) is 0 Å². The van der Waals surface area contributed by atoms with Crippen LogP contribution in [0.25, 0.3) is 10.6 Å². The molecule has 0 bridgehead atoms. The van der Waals surface area contributed by atoms with E-state index < -0.39 is 41.2 Å². The molecule has 13 heteroatoms. The van der Waals surface area contributed by atoms with Gasteiger partial charge in [0.05, 0.1) is 16.3 Å². The monoisotopic (exact) mass is 492 g/mol. The maximum atomic E-state index is 14.3. The Bertz CT molecular complexity index is 1160. The van der Waals surface area contributed by atoms with Crippen LogP contribution >= 0.6 is 22.9 Å². The summed E-state index contributed by atoms with van der Waals surface area (Å²) in [6.07, 6.45) is -5.82. The summed E-state index contributed by atoms with van der Waals surface area (Å²) in [5.41, 5.74) is -4.93. The summed E-state index contributed by atoms with van der Waals surface area (Å²) in [5.74, 6) is -1.54. The second-order valence-electron chi connectivity index (χ2n) is 6.77. The Hall–Kier alpha value is -2.70. The lowest BCUT2D eigenvalue weighted by molar-refractivity contribution is -0.141. The van der Waals surface area contributed by atoms with Crippen LogP contribution in [0, 0.1) is 5.82 Å². The number of anilines is 1. The molecule has 3 aromatic rings. The molecule has 0 amide bonds. The van der Waals surface area contributed by atoms with Gasteiger partial charge < -0.3 is 5.11 Å². The Morgan fingerprint density at radius 1 is 1.06 bits per heavy atom. The molecule has 1 aromatic carbocycles. The molecule has 4 rings (SSSR count). The highest BCUT2D eigenvalue weighted by Gasteiger charge is 2.61. The molecule has 0 fully saturated rings. The number of hydrazone groups is 1. The first kappa shape index (κ1) is 22.5. The fraction of sp³-hybridized carbons (Fsp3) is 0.211. The Labute approximate surface area is 185 Å². The molecule has 32 heavy (non-hydrogen) atoms. The van der Waals surface area contributed by atoms with Crippen LogP contribution in [0.4, 0.5) is 32.3 Å². The molecule has 1 atom stereocenters. The first-order valence-electron chi connectivity index (χ1n) is 8.81. The lowest BCUT2D eigenvalue weighted by Gasteiger charge is -2.34. The molecule has 2 aromatic heterocycles. The van der Waals surface area contributed by atoms with Gasteiger partial charge in [-0.3, -0.25) is 0 Å². The number of hydrogen-bond donors (Lipinski definition) is 1. The molecule has 0 radical (unpaired) electrons. The van der Waals surface area contributed by atoms with Crippen molar-refractivity contribution in [2.24, 2.45) is 5.10 Å². The molecule has 168 valence electrons. The van der Waals surface area contributed by atoms with Crippen molar-refractivity contribution in [3.63, 3.8) is 0 Å². The minimum absolute atomic E-state index is 0.152. The number of thiophene rings is 1. The van der Waals surface area contributed by atoms with Crippen LogP contribution in [0.15, 0.2) is 52.9 Å². The molecule has 1 aliphatic rings. The summed E-state index contributed by atoms with van der Waals surface area (Å²) in [6.45, 7) is 0. The highest BCUT2D eigenvalue weighted by atomic mass is 35.5. The fourth-order valence-electron chi connectivity index (χ4n) is 3.00. The zero-order valence-corrected chi connectivity index (χ0v) is 17.2. The normalized spacial score (nSPS) is 19.4. The van der Waals surface area contributed by atoms with Crippen LogP contribution in [0.2, 0.25) is 0 Å². The summed E-state index contributed by atoms with van der Waals surface area (Å²) in [5, 5.41) is 12.0. The van der Waals surface area contributed by atoms with Crippen LogP contribution in [-0.2, 0) is 6.18 Å². The van der Waals surface area contributed by atoms with Crippen molar-refractivity contribution >= 4 is 34.6 Å². The summed E-state index contributed by atoms with van der Waals surface area (Å²) < 4.78 is 82.2. The van der Waals surface area contributed by atoms with Crippen LogP contribution in [-0.4, -0.2) is 31.9 Å². The number of benzene rings is 1. The van der Waals surface area contributed by atoms with Crippen molar-refractivity contribution < 1.29 is 31.4 Å². The highest BCUT2D eigenvalue weighted by molar-refractivity contribution is 7.13. The van der Waals surface area contributed by atoms with Crippen LogP contribution < -0.4 is 5.01 Å². The molecule has 1 N–H and O–H groups in total. The van der Waals surface area contributed by atoms with E-state index in [1.54, 1.807) is 11.4 Å². The molecular weight excluding hydrogens is 482 g/mol. The standard InChI is InChI=1S/C19H11ClF6N4OS/c20-19(25,26)17(31)9-13(10-3-5-11(21)6-4-10)29-30(17)16-27-12(14-2-1-7-32-14)8-15(28-16)18(22,23)24/h1-8,31H,9H2/t17-/m1/s1. The van der Waals surface area contributed by atoms with Gasteiger partial charge in [-0.15, -0.1) is 11.3 Å². The predicted octanol–water partition coefficient (Wildman–Crippen LogP) is 5.50. The van der Waals surface area contributed by atoms with E-state index in [0.29, 0.717) is 10.9 Å². The van der Waals surface area contributed by atoms with E-state index >= 15 is 0 Å². The third kappa shape index (κ3) is 4.05. The minimum atomic E-state index is -4.94. The summed E-state index contributed by atoms with van der Waals surface area (Å²) >= 11 is 6.20. The van der Waals surface area contributed by atoms with Crippen molar-refractivity contribution in [1.29, 1.82) is 0 Å². The Balaban J connectivity index is 1.89. The van der Waals surface area contributed by atoms with E-state index in [2.05, 4.69) is 15.1 Å². The number of aromatic nitrogens is 2. The van der Waals surface area contributed by atoms with Crippen LogP contribution in [0.1, 0.15) is 17.7 Å². The van der Waals surface area contributed by atoms with Gasteiger partial charge in [0.15, 0.2) is 5.69 Å². The summed E-state index contributed by atoms with van der Waals surface area (Å²) in [4.78, 5) is 7.56. The molecule has 5 nitrogen and oxygen atoms in total. The number of alkyl halides is 6. The molecule has 3 heterocycles. The predicted molar refractivity (Wildman–Crippen MR) is 106 cm³/mol. The average Bonchev–Trinajstić information content (AvgIpc) is 3.36. The van der Waals surface area contributed by atoms with E-state index in [1.165, 1.54) is 18.2 Å². The van der Waals surface area contributed by atoms with Gasteiger partial charge in [-0.05, 0) is 46.8 Å². The first-order chi connectivity index (χ1) is 14.9. The molecule has 0 spiro atoms. The summed E-state index contributed by atoms with van der Waals surface area (Å²) in [7, 11) is 0. The van der Waals surface area contributed by atoms with Crippen molar-refractivity contribution in [3.05, 3.63) is 64.9 Å². The highest BCUT2D eigenvalue weighted by Crippen LogP contribution is 2.45. The molecule has 0 unspecified atom stereocenters. The number of halogens is 7. The molecule has 0 saturated heterocycles. The lowest BCUT2D eigenvalue weighted by atomic mass is 10.0. The van der Waals surface area contributed by atoms with Crippen molar-refractivity contribution in [2.45, 2.75) is 23.7 Å². The van der Waals surface area contributed by atoms with Gasteiger partial charge >= 0.3 is 11.6 Å². The maximum absolute atomic E-state index is 14.3. The Morgan fingerprint density at radius 3 is 2.31 bits per heavy atom. The quantitative estimate of drug-likeness (QED) is 0.386. The molecular formula is C19H11ClF6N4OS. The van der Waals surface area contributed by atoms with E-state index in [-0.39, 0.29) is 22.0 Å². The van der Waals surface area contributed by atoms with E-state index in [9.17, 15) is 31.4 Å². The Kier molecular flexibility index (Phi) is 5.42.